The highest BCUT2D eigenvalue weighted by Gasteiger charge is 2.17. The topological polar surface area (TPSA) is 86.3 Å². The van der Waals surface area contributed by atoms with Crippen molar-refractivity contribution in [2.24, 2.45) is 0 Å². The number of aliphatic hydroxyl groups is 1. The van der Waals surface area contributed by atoms with Gasteiger partial charge >= 0.3 is 0 Å². The largest absolute Gasteiger partial charge is 0.497 e. The summed E-state index contributed by atoms with van der Waals surface area (Å²) in [6, 6.07) is 10.1. The molecule has 2 N–H and O–H groups in total. The second kappa shape index (κ2) is 7.97. The maximum Gasteiger partial charge on any atom is 0.251 e. The molecule has 3 rings (SSSR count). The Morgan fingerprint density at radius 2 is 1.73 bits per heavy atom. The zero-order valence-electron chi connectivity index (χ0n) is 14.7. The van der Waals surface area contributed by atoms with Crippen LogP contribution >= 0.6 is 0 Å². The molecule has 26 heavy (non-hydrogen) atoms. The van der Waals surface area contributed by atoms with E-state index in [9.17, 15) is 9.90 Å². The number of hydrogen-bond acceptors (Lipinski definition) is 6. The lowest BCUT2D eigenvalue weighted by molar-refractivity contribution is 0.0915. The van der Waals surface area contributed by atoms with Gasteiger partial charge in [0.1, 0.15) is 24.7 Å². The first kappa shape index (κ1) is 17.9. The number of benzene rings is 2. The van der Waals surface area contributed by atoms with E-state index in [4.69, 9.17) is 18.9 Å². The second-order valence-corrected chi connectivity index (χ2v) is 5.73. The van der Waals surface area contributed by atoms with Crippen LogP contribution in [0.2, 0.25) is 0 Å². The van der Waals surface area contributed by atoms with Gasteiger partial charge in [0, 0.05) is 18.2 Å². The number of methoxy groups -OCH3 is 2. The van der Waals surface area contributed by atoms with Crippen molar-refractivity contribution in [2.45, 2.75) is 6.10 Å². The van der Waals surface area contributed by atoms with Gasteiger partial charge < -0.3 is 29.4 Å². The number of carbonyl (C=O) groups excluding carboxylic acids is 1. The Morgan fingerprint density at radius 1 is 1.08 bits per heavy atom. The predicted molar refractivity (Wildman–Crippen MR) is 94.3 cm³/mol. The van der Waals surface area contributed by atoms with Gasteiger partial charge in [0.15, 0.2) is 11.5 Å². The molecular weight excluding hydrogens is 338 g/mol. The molecule has 1 atom stereocenters. The van der Waals surface area contributed by atoms with Gasteiger partial charge in [-0.1, -0.05) is 6.07 Å². The third-order valence-electron chi connectivity index (χ3n) is 4.02. The lowest BCUT2D eigenvalue weighted by atomic mass is 10.1. The van der Waals surface area contributed by atoms with Crippen LogP contribution in [0.25, 0.3) is 0 Å². The molecule has 1 aliphatic rings. The van der Waals surface area contributed by atoms with E-state index in [1.807, 2.05) is 0 Å². The number of nitrogens with one attached hydrogen (secondary N) is 1. The summed E-state index contributed by atoms with van der Waals surface area (Å²) >= 11 is 0. The SMILES string of the molecule is COc1cc(OC)cc(C(=O)NCC(O)c2ccc3c(c2)OCCO3)c1. The van der Waals surface area contributed by atoms with E-state index in [-0.39, 0.29) is 12.5 Å². The Kier molecular flexibility index (Phi) is 5.48. The molecular formula is C19H21NO6. The van der Waals surface area contributed by atoms with Crippen LogP contribution in [0.15, 0.2) is 36.4 Å². The van der Waals surface area contributed by atoms with E-state index in [2.05, 4.69) is 5.32 Å². The number of amides is 1. The zero-order valence-corrected chi connectivity index (χ0v) is 14.7. The lowest BCUT2D eigenvalue weighted by Crippen LogP contribution is -2.28. The van der Waals surface area contributed by atoms with Crippen molar-refractivity contribution in [3.8, 4) is 23.0 Å². The Balaban J connectivity index is 1.65. The normalized spacial score (nSPS) is 13.7. The van der Waals surface area contributed by atoms with Gasteiger partial charge in [0.2, 0.25) is 0 Å². The molecule has 2 aromatic carbocycles. The molecule has 1 heterocycles. The summed E-state index contributed by atoms with van der Waals surface area (Å²) < 4.78 is 21.3. The zero-order chi connectivity index (χ0) is 18.5. The van der Waals surface area contributed by atoms with Crippen molar-refractivity contribution in [2.75, 3.05) is 34.0 Å². The first-order valence-corrected chi connectivity index (χ1v) is 8.19. The minimum Gasteiger partial charge on any atom is -0.497 e. The minimum atomic E-state index is -0.873. The molecule has 7 nitrogen and oxygen atoms in total. The van der Waals surface area contributed by atoms with E-state index < -0.39 is 6.10 Å². The number of aliphatic hydroxyl groups excluding tert-OH is 1. The van der Waals surface area contributed by atoms with Gasteiger partial charge in [-0.05, 0) is 29.8 Å². The summed E-state index contributed by atoms with van der Waals surface area (Å²) in [7, 11) is 3.03. The van der Waals surface area contributed by atoms with Crippen molar-refractivity contribution in [1.82, 2.24) is 5.32 Å². The third kappa shape index (κ3) is 4.00. The van der Waals surface area contributed by atoms with Crippen molar-refractivity contribution in [1.29, 1.82) is 0 Å². The monoisotopic (exact) mass is 359 g/mol. The van der Waals surface area contributed by atoms with Crippen LogP contribution in [0.1, 0.15) is 22.0 Å². The standard InChI is InChI=1S/C19H21NO6/c1-23-14-7-13(8-15(10-14)24-2)19(22)20-11-16(21)12-3-4-17-18(9-12)26-6-5-25-17/h3-4,7-10,16,21H,5-6,11H2,1-2H3,(H,20,22). The molecule has 0 aromatic heterocycles. The number of carbonyl (C=O) groups is 1. The summed E-state index contributed by atoms with van der Waals surface area (Å²) in [5.74, 6) is 1.94. The molecule has 0 aliphatic carbocycles. The van der Waals surface area contributed by atoms with Gasteiger partial charge in [0.25, 0.3) is 5.91 Å². The summed E-state index contributed by atoms with van der Waals surface area (Å²) in [5, 5.41) is 13.1. The smallest absolute Gasteiger partial charge is 0.251 e. The first-order valence-electron chi connectivity index (χ1n) is 8.19. The van der Waals surface area contributed by atoms with Crippen LogP contribution < -0.4 is 24.3 Å². The Morgan fingerprint density at radius 3 is 2.38 bits per heavy atom. The summed E-state index contributed by atoms with van der Waals surface area (Å²) in [6.07, 6.45) is -0.873. The van der Waals surface area contributed by atoms with Crippen LogP contribution in [0.3, 0.4) is 0 Å². The number of ether oxygens (including phenoxy) is 4. The number of hydrogen-bond donors (Lipinski definition) is 2. The van der Waals surface area contributed by atoms with Crippen LogP contribution in [-0.2, 0) is 0 Å². The summed E-state index contributed by atoms with van der Waals surface area (Å²) in [6.45, 7) is 1.04. The minimum absolute atomic E-state index is 0.0536. The molecule has 138 valence electrons. The third-order valence-corrected chi connectivity index (χ3v) is 4.02. The van der Waals surface area contributed by atoms with Crippen molar-refractivity contribution < 1.29 is 28.8 Å². The van der Waals surface area contributed by atoms with Crippen LogP contribution in [0.5, 0.6) is 23.0 Å². The molecule has 0 radical (unpaired) electrons. The fourth-order valence-electron chi connectivity index (χ4n) is 2.62. The lowest BCUT2D eigenvalue weighted by Gasteiger charge is -2.20. The Labute approximate surface area is 151 Å². The Hall–Kier alpha value is -2.93. The highest BCUT2D eigenvalue weighted by Crippen LogP contribution is 2.32. The van der Waals surface area contributed by atoms with E-state index in [1.54, 1.807) is 36.4 Å². The number of rotatable bonds is 6. The van der Waals surface area contributed by atoms with Crippen LogP contribution in [0.4, 0.5) is 0 Å². The van der Waals surface area contributed by atoms with E-state index in [0.29, 0.717) is 47.3 Å². The second-order valence-electron chi connectivity index (χ2n) is 5.73. The molecule has 0 saturated carbocycles. The van der Waals surface area contributed by atoms with E-state index >= 15 is 0 Å². The maximum atomic E-state index is 12.4. The molecule has 0 fully saturated rings. The molecule has 1 amide bonds. The van der Waals surface area contributed by atoms with Crippen LogP contribution in [0, 0.1) is 0 Å². The molecule has 1 aliphatic heterocycles. The molecule has 1 unspecified atom stereocenters. The average Bonchev–Trinajstić information content (AvgIpc) is 2.70. The van der Waals surface area contributed by atoms with Gasteiger partial charge in [-0.3, -0.25) is 4.79 Å². The summed E-state index contributed by atoms with van der Waals surface area (Å²) in [5.41, 5.74) is 1.02. The van der Waals surface area contributed by atoms with Gasteiger partial charge in [-0.25, -0.2) is 0 Å². The first-order chi connectivity index (χ1) is 12.6. The van der Waals surface area contributed by atoms with Gasteiger partial charge in [-0.15, -0.1) is 0 Å². The fraction of sp³-hybridized carbons (Fsp3) is 0.316. The van der Waals surface area contributed by atoms with E-state index in [1.165, 1.54) is 14.2 Å². The summed E-state index contributed by atoms with van der Waals surface area (Å²) in [4.78, 5) is 12.4. The Bertz CT molecular complexity index is 769. The molecule has 2 aromatic rings. The number of fused-ring (bicyclic) bond motifs is 1. The fourth-order valence-corrected chi connectivity index (χ4v) is 2.62. The molecule has 0 saturated heterocycles. The molecule has 7 heteroatoms. The van der Waals surface area contributed by atoms with Crippen molar-refractivity contribution in [3.05, 3.63) is 47.5 Å². The van der Waals surface area contributed by atoms with Crippen LogP contribution in [-0.4, -0.2) is 45.0 Å². The van der Waals surface area contributed by atoms with E-state index in [0.717, 1.165) is 0 Å². The predicted octanol–water partition coefficient (Wildman–Crippen LogP) is 1.94. The maximum absolute atomic E-state index is 12.4. The quantitative estimate of drug-likeness (QED) is 0.820. The highest BCUT2D eigenvalue weighted by atomic mass is 16.6. The highest BCUT2D eigenvalue weighted by molar-refractivity contribution is 5.95. The average molecular weight is 359 g/mol. The molecule has 0 spiro atoms. The van der Waals surface area contributed by atoms with Gasteiger partial charge in [0.05, 0.1) is 20.3 Å². The van der Waals surface area contributed by atoms with Gasteiger partial charge in [-0.2, -0.15) is 0 Å². The van der Waals surface area contributed by atoms with Crippen molar-refractivity contribution >= 4 is 5.91 Å². The van der Waals surface area contributed by atoms with Crippen molar-refractivity contribution in [3.63, 3.8) is 0 Å². The molecule has 0 bridgehead atoms.